The molecule has 0 aliphatic rings. The molecule has 1 aromatic carbocycles. The van der Waals surface area contributed by atoms with Crippen LogP contribution < -0.4 is 0 Å². The van der Waals surface area contributed by atoms with Crippen LogP contribution in [-0.2, 0) is 22.6 Å². The molecule has 0 aliphatic heterocycles. The molecule has 3 aromatic heterocycles. The van der Waals surface area contributed by atoms with Gasteiger partial charge in [-0.1, -0.05) is 42.9 Å². The molecule has 0 bridgehead atoms. The highest BCUT2D eigenvalue weighted by Crippen LogP contribution is 2.32. The number of hydrogen-bond donors (Lipinski definition) is 0. The fourth-order valence-electron chi connectivity index (χ4n) is 2.71. The largest absolute Gasteiger partial charge is 0.455 e. The average Bonchev–Trinajstić information content (AvgIpc) is 3.28. The van der Waals surface area contributed by atoms with Crippen LogP contribution in [0.25, 0.3) is 22.1 Å². The highest BCUT2D eigenvalue weighted by Gasteiger charge is 2.16. The van der Waals surface area contributed by atoms with Crippen LogP contribution in [0.15, 0.2) is 44.6 Å². The molecule has 0 saturated heterocycles. The van der Waals surface area contributed by atoms with Crippen molar-refractivity contribution in [2.24, 2.45) is 5.92 Å². The number of hydrogen-bond acceptors (Lipinski definition) is 9. The topological polar surface area (TPSA) is 104 Å². The van der Waals surface area contributed by atoms with Gasteiger partial charge in [0.2, 0.25) is 0 Å². The van der Waals surface area contributed by atoms with Crippen LogP contribution in [0.1, 0.15) is 25.6 Å². The average molecular weight is 398 g/mol. The van der Waals surface area contributed by atoms with Gasteiger partial charge in [0.15, 0.2) is 18.0 Å². The lowest BCUT2D eigenvalue weighted by Crippen LogP contribution is -2.08. The van der Waals surface area contributed by atoms with Crippen LogP contribution in [0.2, 0.25) is 0 Å². The minimum absolute atomic E-state index is 0.0473. The van der Waals surface area contributed by atoms with Crippen LogP contribution in [0.3, 0.4) is 0 Å². The van der Waals surface area contributed by atoms with Crippen molar-refractivity contribution in [3.05, 3.63) is 42.3 Å². The van der Waals surface area contributed by atoms with Crippen LogP contribution in [0.5, 0.6) is 0 Å². The van der Waals surface area contributed by atoms with E-state index in [1.165, 1.54) is 18.1 Å². The highest BCUT2D eigenvalue weighted by atomic mass is 32.2. The summed E-state index contributed by atoms with van der Waals surface area (Å²) in [4.78, 5) is 24.8. The molecule has 0 aliphatic carbocycles. The van der Waals surface area contributed by atoms with Crippen molar-refractivity contribution in [2.45, 2.75) is 31.9 Å². The molecule has 3 heterocycles. The first-order valence-corrected chi connectivity index (χ1v) is 9.81. The lowest BCUT2D eigenvalue weighted by Gasteiger charge is -2.02. The second kappa shape index (κ2) is 7.97. The monoisotopic (exact) mass is 398 g/mol. The Labute approximate surface area is 164 Å². The van der Waals surface area contributed by atoms with Crippen molar-refractivity contribution in [1.82, 2.24) is 20.1 Å². The van der Waals surface area contributed by atoms with E-state index >= 15 is 0 Å². The van der Waals surface area contributed by atoms with Gasteiger partial charge in [-0.3, -0.25) is 4.79 Å². The van der Waals surface area contributed by atoms with Gasteiger partial charge in [0.25, 0.3) is 5.89 Å². The predicted octanol–water partition coefficient (Wildman–Crippen LogP) is 3.79. The first kappa shape index (κ1) is 18.4. The van der Waals surface area contributed by atoms with Gasteiger partial charge in [0.1, 0.15) is 22.5 Å². The Bertz CT molecular complexity index is 1120. The minimum atomic E-state index is -0.406. The summed E-state index contributed by atoms with van der Waals surface area (Å²) in [6.07, 6.45) is 2.18. The molecule has 28 heavy (non-hydrogen) atoms. The molecular formula is C19H18N4O4S. The van der Waals surface area contributed by atoms with Gasteiger partial charge in [0, 0.05) is 11.8 Å². The Hall–Kier alpha value is -2.94. The fourth-order valence-corrected chi connectivity index (χ4v) is 3.44. The third-order valence-electron chi connectivity index (χ3n) is 3.91. The summed E-state index contributed by atoms with van der Waals surface area (Å²) < 4.78 is 16.1. The zero-order chi connectivity index (χ0) is 19.5. The summed E-state index contributed by atoms with van der Waals surface area (Å²) in [5, 5.41) is 5.38. The van der Waals surface area contributed by atoms with Gasteiger partial charge >= 0.3 is 5.97 Å². The van der Waals surface area contributed by atoms with Crippen LogP contribution >= 0.6 is 11.8 Å². The summed E-state index contributed by atoms with van der Waals surface area (Å²) in [6.45, 7) is 4.09. The summed E-state index contributed by atoms with van der Waals surface area (Å²) in [5.41, 5.74) is 2.03. The summed E-state index contributed by atoms with van der Waals surface area (Å²) in [7, 11) is 0. The number of ether oxygens (including phenoxy) is 1. The molecule has 9 heteroatoms. The Balaban J connectivity index is 1.38. The molecule has 0 unspecified atom stereocenters. The quantitative estimate of drug-likeness (QED) is 0.261. The molecule has 0 saturated carbocycles. The Morgan fingerprint density at radius 3 is 2.96 bits per heavy atom. The number of para-hydroxylation sites is 1. The predicted molar refractivity (Wildman–Crippen MR) is 103 cm³/mol. The maximum absolute atomic E-state index is 12.1. The van der Waals surface area contributed by atoms with Gasteiger partial charge in [-0.2, -0.15) is 4.98 Å². The van der Waals surface area contributed by atoms with Crippen LogP contribution in [0, 0.1) is 5.92 Å². The van der Waals surface area contributed by atoms with E-state index in [0.29, 0.717) is 28.8 Å². The Morgan fingerprint density at radius 2 is 2.11 bits per heavy atom. The lowest BCUT2D eigenvalue weighted by molar-refractivity contribution is -0.142. The van der Waals surface area contributed by atoms with Crippen molar-refractivity contribution in [3.63, 3.8) is 0 Å². The van der Waals surface area contributed by atoms with E-state index in [0.717, 1.165) is 16.5 Å². The van der Waals surface area contributed by atoms with E-state index in [4.69, 9.17) is 13.7 Å². The van der Waals surface area contributed by atoms with E-state index in [2.05, 4.69) is 34.0 Å². The third kappa shape index (κ3) is 3.99. The van der Waals surface area contributed by atoms with Crippen molar-refractivity contribution in [3.8, 4) is 0 Å². The number of carbonyl (C=O) groups excluding carboxylic acids is 1. The number of rotatable bonds is 7. The number of thioether (sulfide) groups is 1. The summed E-state index contributed by atoms with van der Waals surface area (Å²) >= 11 is 1.24. The molecule has 0 atom stereocenters. The zero-order valence-corrected chi connectivity index (χ0v) is 16.2. The van der Waals surface area contributed by atoms with E-state index in [1.54, 1.807) is 0 Å². The second-order valence-corrected chi connectivity index (χ2v) is 7.57. The number of carbonyl (C=O) groups is 1. The van der Waals surface area contributed by atoms with Gasteiger partial charge in [0.05, 0.1) is 5.75 Å². The number of furan rings is 1. The second-order valence-electron chi connectivity index (χ2n) is 6.61. The van der Waals surface area contributed by atoms with E-state index < -0.39 is 5.97 Å². The maximum atomic E-state index is 12.1. The smallest absolute Gasteiger partial charge is 0.316 e. The first-order valence-electron chi connectivity index (χ1n) is 8.82. The molecule has 0 N–H and O–H groups in total. The van der Waals surface area contributed by atoms with Gasteiger partial charge < -0.3 is 13.7 Å². The first-order chi connectivity index (χ1) is 13.6. The number of nitrogens with zero attached hydrogens (tertiary/aromatic N) is 4. The molecule has 0 fully saturated rings. The normalized spacial score (nSPS) is 11.5. The number of aromatic nitrogens is 4. The molecule has 4 rings (SSSR count). The van der Waals surface area contributed by atoms with Crippen LogP contribution in [0.4, 0.5) is 0 Å². The number of esters is 1. The van der Waals surface area contributed by atoms with E-state index in [1.807, 2.05) is 24.3 Å². The van der Waals surface area contributed by atoms with E-state index in [-0.39, 0.29) is 18.3 Å². The van der Waals surface area contributed by atoms with Crippen molar-refractivity contribution in [2.75, 3.05) is 5.75 Å². The van der Waals surface area contributed by atoms with Crippen molar-refractivity contribution in [1.29, 1.82) is 0 Å². The number of fused-ring (bicyclic) bond motifs is 3. The summed E-state index contributed by atoms with van der Waals surface area (Å²) in [5.74, 6) is 0.999. The Morgan fingerprint density at radius 1 is 1.25 bits per heavy atom. The van der Waals surface area contributed by atoms with Crippen LogP contribution in [-0.4, -0.2) is 31.8 Å². The molecular weight excluding hydrogens is 380 g/mol. The van der Waals surface area contributed by atoms with Gasteiger partial charge in [-0.15, -0.1) is 0 Å². The van der Waals surface area contributed by atoms with Crippen molar-refractivity contribution >= 4 is 39.8 Å². The molecule has 0 amide bonds. The van der Waals surface area contributed by atoms with Gasteiger partial charge in [-0.05, 0) is 18.1 Å². The van der Waals surface area contributed by atoms with Gasteiger partial charge in [-0.25, -0.2) is 9.97 Å². The molecule has 0 spiro atoms. The molecule has 144 valence electrons. The molecule has 0 radical (unpaired) electrons. The zero-order valence-electron chi connectivity index (χ0n) is 15.4. The minimum Gasteiger partial charge on any atom is -0.455 e. The number of benzene rings is 1. The highest BCUT2D eigenvalue weighted by molar-refractivity contribution is 8.00. The standard InChI is InChI=1S/C19H18N4O4S/c1-11(2)7-14-22-15(27-23-14)8-25-16(24)9-28-19-18-17(20-10-21-19)12-5-3-4-6-13(12)26-18/h3-6,10-11H,7-9H2,1-2H3. The molecule has 4 aromatic rings. The van der Waals surface area contributed by atoms with Crippen molar-refractivity contribution < 1.29 is 18.5 Å². The SMILES string of the molecule is CC(C)Cc1noc(COC(=O)CSc2ncnc3c2oc2ccccc23)n1. The van der Waals surface area contributed by atoms with E-state index in [9.17, 15) is 4.79 Å². The Kier molecular flexibility index (Phi) is 5.25. The fraction of sp³-hybridized carbons (Fsp3) is 0.316. The maximum Gasteiger partial charge on any atom is 0.316 e. The lowest BCUT2D eigenvalue weighted by atomic mass is 10.1. The third-order valence-corrected chi connectivity index (χ3v) is 4.85. The molecule has 8 nitrogen and oxygen atoms in total. The summed E-state index contributed by atoms with van der Waals surface area (Å²) in [6, 6.07) is 7.63.